The van der Waals surface area contributed by atoms with Crippen molar-refractivity contribution in [3.05, 3.63) is 58.4 Å². The third-order valence-electron chi connectivity index (χ3n) is 2.95. The maximum atomic E-state index is 13.4. The fourth-order valence-electron chi connectivity index (χ4n) is 1.88. The minimum absolute atomic E-state index is 0.0467. The monoisotopic (exact) mass is 293 g/mol. The first-order valence-electron chi connectivity index (χ1n) is 6.43. The molecule has 1 unspecified atom stereocenters. The average molecular weight is 294 g/mol. The van der Waals surface area contributed by atoms with Gasteiger partial charge in [-0.1, -0.05) is 23.7 Å². The van der Waals surface area contributed by atoms with E-state index in [4.69, 9.17) is 22.1 Å². The van der Waals surface area contributed by atoms with Crippen LogP contribution in [0.2, 0.25) is 5.02 Å². The molecular weight excluding hydrogens is 277 g/mol. The average Bonchev–Trinajstić information content (AvgIpc) is 2.37. The van der Waals surface area contributed by atoms with E-state index >= 15 is 0 Å². The van der Waals surface area contributed by atoms with E-state index in [1.54, 1.807) is 31.2 Å². The molecule has 0 amide bonds. The summed E-state index contributed by atoms with van der Waals surface area (Å²) in [6.45, 7) is 3.63. The van der Waals surface area contributed by atoms with Gasteiger partial charge < -0.3 is 10.5 Å². The van der Waals surface area contributed by atoms with Crippen molar-refractivity contribution in [3.63, 3.8) is 0 Å². The molecule has 2 aromatic carbocycles. The van der Waals surface area contributed by atoms with Gasteiger partial charge in [0.1, 0.15) is 17.3 Å². The lowest BCUT2D eigenvalue weighted by atomic mass is 10.1. The first-order valence-corrected chi connectivity index (χ1v) is 6.81. The van der Waals surface area contributed by atoms with E-state index in [1.165, 1.54) is 6.07 Å². The zero-order chi connectivity index (χ0) is 14.7. The molecule has 0 bridgehead atoms. The van der Waals surface area contributed by atoms with Crippen LogP contribution in [0.5, 0.6) is 11.5 Å². The zero-order valence-electron chi connectivity index (χ0n) is 11.5. The summed E-state index contributed by atoms with van der Waals surface area (Å²) in [6, 6.07) is 10.2. The highest BCUT2D eigenvalue weighted by atomic mass is 35.5. The van der Waals surface area contributed by atoms with Crippen LogP contribution in [0.4, 0.5) is 4.39 Å². The van der Waals surface area contributed by atoms with Gasteiger partial charge in [-0.3, -0.25) is 0 Å². The third kappa shape index (κ3) is 3.71. The van der Waals surface area contributed by atoms with Crippen molar-refractivity contribution >= 4 is 11.6 Å². The van der Waals surface area contributed by atoms with Gasteiger partial charge in [0.25, 0.3) is 0 Å². The first-order chi connectivity index (χ1) is 9.45. The van der Waals surface area contributed by atoms with E-state index in [-0.39, 0.29) is 11.9 Å². The maximum absolute atomic E-state index is 13.4. The van der Waals surface area contributed by atoms with E-state index in [1.807, 2.05) is 13.0 Å². The number of rotatable bonds is 4. The largest absolute Gasteiger partial charge is 0.457 e. The molecule has 0 heterocycles. The van der Waals surface area contributed by atoms with Crippen LogP contribution >= 0.6 is 11.6 Å². The van der Waals surface area contributed by atoms with Gasteiger partial charge in [-0.05, 0) is 49.6 Å². The van der Waals surface area contributed by atoms with Gasteiger partial charge in [-0.2, -0.15) is 0 Å². The molecule has 0 aliphatic rings. The Morgan fingerprint density at radius 3 is 2.45 bits per heavy atom. The SMILES string of the molecule is Cc1ccc(Oc2ccc(CC(C)N)c(Cl)c2)cc1F. The number of halogens is 2. The summed E-state index contributed by atoms with van der Waals surface area (Å²) in [5.41, 5.74) is 7.32. The molecule has 0 radical (unpaired) electrons. The van der Waals surface area contributed by atoms with Crippen LogP contribution < -0.4 is 10.5 Å². The summed E-state index contributed by atoms with van der Waals surface area (Å²) in [7, 11) is 0. The lowest BCUT2D eigenvalue weighted by Gasteiger charge is -2.11. The highest BCUT2D eigenvalue weighted by Crippen LogP contribution is 2.28. The smallest absolute Gasteiger partial charge is 0.130 e. The molecule has 2 aromatic rings. The van der Waals surface area contributed by atoms with Gasteiger partial charge in [-0.25, -0.2) is 4.39 Å². The molecule has 0 saturated carbocycles. The first kappa shape index (κ1) is 14.8. The summed E-state index contributed by atoms with van der Waals surface area (Å²) < 4.78 is 19.0. The molecule has 0 aliphatic carbocycles. The molecular formula is C16H17ClFNO. The quantitative estimate of drug-likeness (QED) is 0.902. The number of benzene rings is 2. The Bertz CT molecular complexity index is 613. The predicted octanol–water partition coefficient (Wildman–Crippen LogP) is 4.47. The van der Waals surface area contributed by atoms with Gasteiger partial charge in [-0.15, -0.1) is 0 Å². The summed E-state index contributed by atoms with van der Waals surface area (Å²) in [6.07, 6.45) is 0.707. The molecule has 0 aromatic heterocycles. The lowest BCUT2D eigenvalue weighted by molar-refractivity contribution is 0.476. The summed E-state index contributed by atoms with van der Waals surface area (Å²) in [4.78, 5) is 0. The highest BCUT2D eigenvalue weighted by molar-refractivity contribution is 6.31. The lowest BCUT2D eigenvalue weighted by Crippen LogP contribution is -2.17. The van der Waals surface area contributed by atoms with Crippen LogP contribution in [0.1, 0.15) is 18.1 Å². The van der Waals surface area contributed by atoms with E-state index in [0.717, 1.165) is 5.56 Å². The Morgan fingerprint density at radius 1 is 1.20 bits per heavy atom. The molecule has 2 nitrogen and oxygen atoms in total. The van der Waals surface area contributed by atoms with Crippen LogP contribution in [0.15, 0.2) is 36.4 Å². The van der Waals surface area contributed by atoms with Crippen molar-refractivity contribution in [2.75, 3.05) is 0 Å². The second kappa shape index (κ2) is 6.25. The van der Waals surface area contributed by atoms with Crippen LogP contribution in [0.25, 0.3) is 0 Å². The molecule has 1 atom stereocenters. The Kier molecular flexibility index (Phi) is 4.63. The summed E-state index contributed by atoms with van der Waals surface area (Å²) in [5, 5.41) is 0.604. The number of ether oxygens (including phenoxy) is 1. The fraction of sp³-hybridized carbons (Fsp3) is 0.250. The normalized spacial score (nSPS) is 12.2. The molecule has 0 aliphatic heterocycles. The van der Waals surface area contributed by atoms with E-state index in [0.29, 0.717) is 28.5 Å². The number of nitrogens with two attached hydrogens (primary N) is 1. The van der Waals surface area contributed by atoms with Crippen molar-refractivity contribution in [3.8, 4) is 11.5 Å². The minimum Gasteiger partial charge on any atom is -0.457 e. The topological polar surface area (TPSA) is 35.2 Å². The molecule has 2 N–H and O–H groups in total. The second-order valence-corrected chi connectivity index (χ2v) is 5.35. The molecule has 2 rings (SSSR count). The van der Waals surface area contributed by atoms with Crippen LogP contribution in [0, 0.1) is 12.7 Å². The van der Waals surface area contributed by atoms with Crippen molar-refractivity contribution in [1.82, 2.24) is 0 Å². The molecule has 106 valence electrons. The van der Waals surface area contributed by atoms with Gasteiger partial charge in [0.05, 0.1) is 0 Å². The van der Waals surface area contributed by atoms with Crippen LogP contribution in [0.3, 0.4) is 0 Å². The van der Waals surface area contributed by atoms with Crippen molar-refractivity contribution < 1.29 is 9.13 Å². The molecule has 4 heteroatoms. The summed E-state index contributed by atoms with van der Waals surface area (Å²) in [5.74, 6) is 0.734. The molecule has 0 spiro atoms. The van der Waals surface area contributed by atoms with E-state index in [9.17, 15) is 4.39 Å². The molecule has 0 saturated heterocycles. The Labute approximate surface area is 123 Å². The van der Waals surface area contributed by atoms with E-state index in [2.05, 4.69) is 0 Å². The zero-order valence-corrected chi connectivity index (χ0v) is 12.2. The van der Waals surface area contributed by atoms with Crippen molar-refractivity contribution in [2.45, 2.75) is 26.3 Å². The van der Waals surface area contributed by atoms with Gasteiger partial charge in [0.15, 0.2) is 0 Å². The second-order valence-electron chi connectivity index (χ2n) is 4.95. The molecule has 20 heavy (non-hydrogen) atoms. The maximum Gasteiger partial charge on any atom is 0.130 e. The highest BCUT2D eigenvalue weighted by Gasteiger charge is 2.07. The van der Waals surface area contributed by atoms with Gasteiger partial charge in [0.2, 0.25) is 0 Å². The fourth-order valence-corrected chi connectivity index (χ4v) is 2.12. The van der Waals surface area contributed by atoms with Crippen molar-refractivity contribution in [2.24, 2.45) is 5.73 Å². The minimum atomic E-state index is -0.290. The van der Waals surface area contributed by atoms with Crippen LogP contribution in [-0.4, -0.2) is 6.04 Å². The number of aryl methyl sites for hydroxylation is 1. The van der Waals surface area contributed by atoms with E-state index < -0.39 is 0 Å². The van der Waals surface area contributed by atoms with Crippen LogP contribution in [-0.2, 0) is 6.42 Å². The Morgan fingerprint density at radius 2 is 1.85 bits per heavy atom. The van der Waals surface area contributed by atoms with Gasteiger partial charge in [0, 0.05) is 17.1 Å². The number of hydrogen-bond acceptors (Lipinski definition) is 2. The Hall–Kier alpha value is -1.58. The predicted molar refractivity (Wildman–Crippen MR) is 80.0 cm³/mol. The standard InChI is InChI=1S/C16H17ClFNO/c1-10-3-5-14(9-16(10)18)20-13-6-4-12(7-11(2)19)15(17)8-13/h3-6,8-9,11H,7,19H2,1-2H3. The van der Waals surface area contributed by atoms with Crippen molar-refractivity contribution in [1.29, 1.82) is 0 Å². The van der Waals surface area contributed by atoms with Gasteiger partial charge >= 0.3 is 0 Å². The Balaban J connectivity index is 2.17. The molecule has 0 fully saturated rings. The summed E-state index contributed by atoms with van der Waals surface area (Å²) >= 11 is 6.19. The number of hydrogen-bond donors (Lipinski definition) is 1. The third-order valence-corrected chi connectivity index (χ3v) is 3.30.